The monoisotopic (exact) mass is 464 g/mol. The van der Waals surface area contributed by atoms with E-state index in [0.29, 0.717) is 23.1 Å². The zero-order valence-corrected chi connectivity index (χ0v) is 18.7. The molecule has 1 aromatic heterocycles. The van der Waals surface area contributed by atoms with Crippen LogP contribution in [0.1, 0.15) is 26.2 Å². The van der Waals surface area contributed by atoms with Gasteiger partial charge in [0.05, 0.1) is 5.52 Å². The van der Waals surface area contributed by atoms with Crippen molar-refractivity contribution in [3.63, 3.8) is 0 Å². The van der Waals surface area contributed by atoms with Gasteiger partial charge in [-0.3, -0.25) is 9.35 Å². The van der Waals surface area contributed by atoms with Crippen LogP contribution in [0, 0.1) is 5.92 Å². The minimum atomic E-state index is -2.31. The van der Waals surface area contributed by atoms with Crippen LogP contribution in [0.15, 0.2) is 54.7 Å². The minimum Gasteiger partial charge on any atom is -0.427 e. The lowest BCUT2D eigenvalue weighted by Crippen LogP contribution is -2.14. The third kappa shape index (κ3) is 6.80. The lowest BCUT2D eigenvalue weighted by Gasteiger charge is -2.16. The summed E-state index contributed by atoms with van der Waals surface area (Å²) in [6, 6.07) is 14.6. The van der Waals surface area contributed by atoms with E-state index in [1.54, 1.807) is 24.3 Å². The van der Waals surface area contributed by atoms with Crippen molar-refractivity contribution in [2.24, 2.45) is 5.92 Å². The van der Waals surface area contributed by atoms with Gasteiger partial charge in [0.25, 0.3) is 0 Å². The summed E-state index contributed by atoms with van der Waals surface area (Å²) in [5.74, 6) is 0.545. The van der Waals surface area contributed by atoms with Gasteiger partial charge >= 0.3 is 17.3 Å². The number of nitrogens with one attached hydrogen (secondary N) is 1. The van der Waals surface area contributed by atoms with Gasteiger partial charge < -0.3 is 14.6 Å². The number of benzene rings is 2. The molecule has 0 radical (unpaired) electrons. The Labute approximate surface area is 188 Å². The van der Waals surface area contributed by atoms with Crippen LogP contribution in [0.5, 0.6) is 5.75 Å². The summed E-state index contributed by atoms with van der Waals surface area (Å²) >= 11 is 3.54. The molecule has 2 N–H and O–H groups in total. The molecule has 166 valence electrons. The van der Waals surface area contributed by atoms with E-state index in [0.717, 1.165) is 36.0 Å². The van der Waals surface area contributed by atoms with Crippen LogP contribution in [0.4, 0.5) is 5.69 Å². The molecular weight excluding hydrogens is 440 g/mol. The molecule has 0 aliphatic rings. The van der Waals surface area contributed by atoms with Gasteiger partial charge in [0.15, 0.2) is 0 Å². The molecule has 0 fully saturated rings. The summed E-state index contributed by atoms with van der Waals surface area (Å²) in [6.45, 7) is 2.82. The first-order valence-corrected chi connectivity index (χ1v) is 11.4. The van der Waals surface area contributed by atoms with Gasteiger partial charge in [-0.15, -0.1) is 0 Å². The standard InChI is InChI=1S/C22H25ClN2O5S/c1-2-16(6-11-22(26)30-18-9-7-17(23)8-10-18)14-25-13-12-19-20(4-3-5-21(19)25)24-15-29-31(27)28/h3-5,7-10,12-13,16,24H,2,6,11,14-15H2,1H3,(H,27,28). The normalized spacial score (nSPS) is 13.1. The Morgan fingerprint density at radius 2 is 2.00 bits per heavy atom. The number of aromatic nitrogens is 1. The van der Waals surface area contributed by atoms with E-state index in [1.807, 2.05) is 30.5 Å². The van der Waals surface area contributed by atoms with Gasteiger partial charge in [0.1, 0.15) is 12.5 Å². The van der Waals surface area contributed by atoms with Gasteiger partial charge in [-0.1, -0.05) is 31.0 Å². The lowest BCUT2D eigenvalue weighted by molar-refractivity contribution is -0.134. The third-order valence-corrected chi connectivity index (χ3v) is 5.64. The number of rotatable bonds is 11. The summed E-state index contributed by atoms with van der Waals surface area (Å²) in [4.78, 5) is 12.2. The maximum Gasteiger partial charge on any atom is 0.311 e. The van der Waals surface area contributed by atoms with Gasteiger partial charge in [-0.2, -0.15) is 4.21 Å². The Morgan fingerprint density at radius 3 is 2.71 bits per heavy atom. The lowest BCUT2D eigenvalue weighted by atomic mass is 10.00. The highest BCUT2D eigenvalue weighted by Crippen LogP contribution is 2.26. The third-order valence-electron chi connectivity index (χ3n) is 5.07. The SMILES string of the molecule is CCC(CCC(=O)Oc1ccc(Cl)cc1)Cn1ccc2c(NCOS(=O)O)cccc21. The second-order valence-corrected chi connectivity index (χ2v) is 8.21. The molecule has 7 nitrogen and oxygen atoms in total. The van der Waals surface area contributed by atoms with Gasteiger partial charge in [0.2, 0.25) is 0 Å². The highest BCUT2D eigenvalue weighted by molar-refractivity contribution is 7.74. The molecule has 9 heteroatoms. The number of ether oxygens (including phenoxy) is 1. The molecule has 1 heterocycles. The van der Waals surface area contributed by atoms with E-state index < -0.39 is 11.4 Å². The molecule has 0 saturated heterocycles. The van der Waals surface area contributed by atoms with Crippen molar-refractivity contribution >= 4 is 45.5 Å². The van der Waals surface area contributed by atoms with Crippen molar-refractivity contribution < 1.29 is 22.5 Å². The summed E-state index contributed by atoms with van der Waals surface area (Å²) in [5, 5.41) is 4.60. The smallest absolute Gasteiger partial charge is 0.311 e. The fraction of sp³-hybridized carbons (Fsp3) is 0.318. The quantitative estimate of drug-likeness (QED) is 0.175. The fourth-order valence-corrected chi connectivity index (χ4v) is 3.69. The Morgan fingerprint density at radius 1 is 1.23 bits per heavy atom. The summed E-state index contributed by atoms with van der Waals surface area (Å²) in [6.07, 6.45) is 4.00. The second kappa shape index (κ2) is 11.3. The maximum atomic E-state index is 12.2. The molecule has 0 saturated carbocycles. The number of halogens is 1. The van der Waals surface area contributed by atoms with E-state index in [2.05, 4.69) is 21.0 Å². The molecule has 3 rings (SSSR count). The van der Waals surface area contributed by atoms with Gasteiger partial charge in [-0.25, -0.2) is 4.18 Å². The summed E-state index contributed by atoms with van der Waals surface area (Å²) in [5.41, 5.74) is 1.86. The number of hydrogen-bond acceptors (Lipinski definition) is 5. The number of fused-ring (bicyclic) bond motifs is 1. The Kier molecular flexibility index (Phi) is 8.48. The van der Waals surface area contributed by atoms with Crippen molar-refractivity contribution in [1.82, 2.24) is 4.57 Å². The van der Waals surface area contributed by atoms with Crippen LogP contribution < -0.4 is 10.1 Å². The highest BCUT2D eigenvalue weighted by Gasteiger charge is 2.14. The van der Waals surface area contributed by atoms with Crippen LogP contribution in [0.2, 0.25) is 5.02 Å². The van der Waals surface area contributed by atoms with E-state index in [9.17, 15) is 9.00 Å². The van der Waals surface area contributed by atoms with E-state index in [-0.39, 0.29) is 12.7 Å². The predicted octanol–water partition coefficient (Wildman–Crippen LogP) is 5.23. The molecule has 0 aliphatic heterocycles. The van der Waals surface area contributed by atoms with Crippen LogP contribution in [-0.2, 0) is 26.9 Å². The zero-order chi connectivity index (χ0) is 22.2. The van der Waals surface area contributed by atoms with Crippen molar-refractivity contribution in [2.75, 3.05) is 12.0 Å². The van der Waals surface area contributed by atoms with E-state index in [4.69, 9.17) is 20.9 Å². The van der Waals surface area contributed by atoms with E-state index >= 15 is 0 Å². The predicted molar refractivity (Wildman–Crippen MR) is 122 cm³/mol. The maximum absolute atomic E-state index is 12.2. The van der Waals surface area contributed by atoms with Crippen molar-refractivity contribution in [2.45, 2.75) is 32.7 Å². The number of hydrogen-bond donors (Lipinski definition) is 2. The number of nitrogens with zero attached hydrogens (tertiary/aromatic N) is 1. The summed E-state index contributed by atoms with van der Waals surface area (Å²) < 4.78 is 31.5. The Bertz CT molecular complexity index is 1040. The van der Waals surface area contributed by atoms with Crippen molar-refractivity contribution in [3.05, 3.63) is 59.8 Å². The van der Waals surface area contributed by atoms with Crippen molar-refractivity contribution in [1.29, 1.82) is 0 Å². The number of carbonyl (C=O) groups excluding carboxylic acids is 1. The fourth-order valence-electron chi connectivity index (χ4n) is 3.40. The summed E-state index contributed by atoms with van der Waals surface area (Å²) in [7, 11) is 0. The van der Waals surface area contributed by atoms with Gasteiger partial charge in [0, 0.05) is 35.3 Å². The minimum absolute atomic E-state index is 0.0687. The number of anilines is 1. The van der Waals surface area contributed by atoms with Crippen LogP contribution in [0.3, 0.4) is 0 Å². The Hall–Kier alpha value is -2.39. The highest BCUT2D eigenvalue weighted by atomic mass is 35.5. The van der Waals surface area contributed by atoms with Crippen molar-refractivity contribution in [3.8, 4) is 5.75 Å². The average molecular weight is 465 g/mol. The first kappa shape index (κ1) is 23.3. The van der Waals surface area contributed by atoms with Crippen LogP contribution in [-0.4, -0.2) is 26.0 Å². The van der Waals surface area contributed by atoms with Crippen LogP contribution >= 0.6 is 11.6 Å². The molecule has 0 spiro atoms. The molecule has 0 aliphatic carbocycles. The van der Waals surface area contributed by atoms with E-state index in [1.165, 1.54) is 0 Å². The number of esters is 1. The van der Waals surface area contributed by atoms with Gasteiger partial charge in [-0.05, 0) is 54.8 Å². The average Bonchev–Trinajstić information content (AvgIpc) is 3.16. The molecule has 2 atom stereocenters. The molecule has 0 bridgehead atoms. The number of carbonyl (C=O) groups is 1. The topological polar surface area (TPSA) is 89.8 Å². The molecule has 0 amide bonds. The largest absolute Gasteiger partial charge is 0.427 e. The molecule has 2 unspecified atom stereocenters. The van der Waals surface area contributed by atoms with Crippen LogP contribution in [0.25, 0.3) is 10.9 Å². The molecule has 2 aromatic carbocycles. The Balaban J connectivity index is 1.58. The first-order chi connectivity index (χ1) is 15.0. The molecule has 31 heavy (non-hydrogen) atoms. The first-order valence-electron chi connectivity index (χ1n) is 9.98. The second-order valence-electron chi connectivity index (χ2n) is 7.10. The molecular formula is C22H25ClN2O5S. The zero-order valence-electron chi connectivity index (χ0n) is 17.1. The molecule has 3 aromatic rings.